The fourth-order valence-corrected chi connectivity index (χ4v) is 4.27. The predicted octanol–water partition coefficient (Wildman–Crippen LogP) is 3.39. The molecular weight excluding hydrogens is 298 g/mol. The van der Waals surface area contributed by atoms with Crippen molar-refractivity contribution in [2.45, 2.75) is 56.8 Å². The molecule has 0 amide bonds. The topological polar surface area (TPSA) is 43.7 Å². The van der Waals surface area contributed by atoms with E-state index in [1.165, 1.54) is 32.1 Å². The van der Waals surface area contributed by atoms with E-state index >= 15 is 0 Å². The van der Waals surface area contributed by atoms with E-state index in [-0.39, 0.29) is 6.10 Å². The SMILES string of the molecule is O[C@@H]1C[C@H](C2CCCCC2)N(C[C@H](O)c2ccc(Cl)cc2)C1. The van der Waals surface area contributed by atoms with E-state index in [2.05, 4.69) is 4.90 Å². The van der Waals surface area contributed by atoms with Crippen molar-refractivity contribution in [2.75, 3.05) is 13.1 Å². The fourth-order valence-electron chi connectivity index (χ4n) is 4.14. The second-order valence-corrected chi connectivity index (χ2v) is 7.31. The Balaban J connectivity index is 1.65. The molecular formula is C18H26ClNO2. The van der Waals surface area contributed by atoms with Gasteiger partial charge in [-0.05, 0) is 42.9 Å². The van der Waals surface area contributed by atoms with Gasteiger partial charge in [-0.3, -0.25) is 4.90 Å². The standard InChI is InChI=1S/C18H26ClNO2/c19-15-8-6-14(7-9-15)18(22)12-20-11-16(21)10-17(20)13-4-2-1-3-5-13/h6-9,13,16-18,21-22H,1-5,10-12H2/t16-,17-,18+/m1/s1. The van der Waals surface area contributed by atoms with Crippen molar-refractivity contribution in [3.05, 3.63) is 34.9 Å². The van der Waals surface area contributed by atoms with Crippen molar-refractivity contribution >= 4 is 11.6 Å². The van der Waals surface area contributed by atoms with Crippen LogP contribution in [0.4, 0.5) is 0 Å². The number of aliphatic hydroxyl groups excluding tert-OH is 2. The Morgan fingerprint density at radius 2 is 1.82 bits per heavy atom. The van der Waals surface area contributed by atoms with E-state index in [1.807, 2.05) is 24.3 Å². The van der Waals surface area contributed by atoms with Gasteiger partial charge in [0.2, 0.25) is 0 Å². The lowest BCUT2D eigenvalue weighted by Crippen LogP contribution is -2.39. The molecule has 1 aliphatic carbocycles. The van der Waals surface area contributed by atoms with Gasteiger partial charge < -0.3 is 10.2 Å². The third-order valence-electron chi connectivity index (χ3n) is 5.28. The first-order chi connectivity index (χ1) is 10.6. The molecule has 1 aliphatic heterocycles. The Morgan fingerprint density at radius 3 is 2.50 bits per heavy atom. The molecule has 1 saturated carbocycles. The van der Waals surface area contributed by atoms with Crippen LogP contribution in [0.3, 0.4) is 0 Å². The zero-order valence-electron chi connectivity index (χ0n) is 13.0. The van der Waals surface area contributed by atoms with Crippen molar-refractivity contribution in [1.29, 1.82) is 0 Å². The molecule has 2 aliphatic rings. The van der Waals surface area contributed by atoms with Gasteiger partial charge in [0.25, 0.3) is 0 Å². The summed E-state index contributed by atoms with van der Waals surface area (Å²) in [6.07, 6.45) is 6.60. The van der Waals surface area contributed by atoms with Crippen LogP contribution in [-0.2, 0) is 0 Å². The zero-order valence-corrected chi connectivity index (χ0v) is 13.8. The second-order valence-electron chi connectivity index (χ2n) is 6.88. The molecule has 3 atom stereocenters. The number of benzene rings is 1. The van der Waals surface area contributed by atoms with E-state index in [0.717, 1.165) is 12.0 Å². The third-order valence-corrected chi connectivity index (χ3v) is 5.54. The van der Waals surface area contributed by atoms with E-state index in [0.29, 0.717) is 30.1 Å². The van der Waals surface area contributed by atoms with Gasteiger partial charge in [0.15, 0.2) is 0 Å². The predicted molar refractivity (Wildman–Crippen MR) is 89.0 cm³/mol. The van der Waals surface area contributed by atoms with Crippen LogP contribution in [0, 0.1) is 5.92 Å². The third kappa shape index (κ3) is 3.83. The summed E-state index contributed by atoms with van der Waals surface area (Å²) in [5.74, 6) is 0.684. The summed E-state index contributed by atoms with van der Waals surface area (Å²) in [6.45, 7) is 1.28. The van der Waals surface area contributed by atoms with Gasteiger partial charge >= 0.3 is 0 Å². The largest absolute Gasteiger partial charge is 0.392 e. The van der Waals surface area contributed by atoms with Gasteiger partial charge in [0, 0.05) is 24.2 Å². The summed E-state index contributed by atoms with van der Waals surface area (Å²) in [5.41, 5.74) is 0.896. The number of nitrogens with zero attached hydrogens (tertiary/aromatic N) is 1. The van der Waals surface area contributed by atoms with Crippen LogP contribution in [0.2, 0.25) is 5.02 Å². The average molecular weight is 324 g/mol. The maximum Gasteiger partial charge on any atom is 0.0917 e. The molecule has 3 rings (SSSR count). The summed E-state index contributed by atoms with van der Waals surface area (Å²) in [6, 6.07) is 7.83. The Hall–Kier alpha value is -0.610. The Labute approximate surface area is 137 Å². The van der Waals surface area contributed by atoms with Crippen molar-refractivity contribution < 1.29 is 10.2 Å². The van der Waals surface area contributed by atoms with Gasteiger partial charge in [0.1, 0.15) is 0 Å². The number of likely N-dealkylation sites (tertiary alicyclic amines) is 1. The van der Waals surface area contributed by atoms with Crippen LogP contribution in [0.5, 0.6) is 0 Å². The molecule has 0 spiro atoms. The molecule has 3 nitrogen and oxygen atoms in total. The molecule has 0 unspecified atom stereocenters. The molecule has 122 valence electrons. The minimum Gasteiger partial charge on any atom is -0.392 e. The maximum atomic E-state index is 10.5. The van der Waals surface area contributed by atoms with E-state index < -0.39 is 6.10 Å². The smallest absolute Gasteiger partial charge is 0.0917 e. The Bertz CT molecular complexity index is 472. The highest BCUT2D eigenvalue weighted by Gasteiger charge is 2.37. The van der Waals surface area contributed by atoms with E-state index in [4.69, 9.17) is 11.6 Å². The molecule has 0 bridgehead atoms. The van der Waals surface area contributed by atoms with Crippen molar-refractivity contribution in [1.82, 2.24) is 4.90 Å². The van der Waals surface area contributed by atoms with Crippen LogP contribution in [0.1, 0.15) is 50.2 Å². The van der Waals surface area contributed by atoms with Crippen LogP contribution >= 0.6 is 11.6 Å². The summed E-state index contributed by atoms with van der Waals surface area (Å²) >= 11 is 5.91. The first-order valence-corrected chi connectivity index (χ1v) is 8.87. The van der Waals surface area contributed by atoms with Crippen LogP contribution < -0.4 is 0 Å². The highest BCUT2D eigenvalue weighted by Crippen LogP contribution is 2.35. The maximum absolute atomic E-state index is 10.5. The molecule has 2 N–H and O–H groups in total. The lowest BCUT2D eigenvalue weighted by Gasteiger charge is -2.34. The van der Waals surface area contributed by atoms with E-state index in [1.54, 1.807) is 0 Å². The Kier molecular flexibility index (Phi) is 5.40. The minimum absolute atomic E-state index is 0.246. The molecule has 1 saturated heterocycles. The lowest BCUT2D eigenvalue weighted by molar-refractivity contribution is 0.0773. The number of hydrogen-bond donors (Lipinski definition) is 2. The highest BCUT2D eigenvalue weighted by molar-refractivity contribution is 6.30. The summed E-state index contributed by atoms with van der Waals surface area (Å²) in [4.78, 5) is 2.31. The molecule has 0 radical (unpaired) electrons. The first kappa shape index (κ1) is 16.3. The first-order valence-electron chi connectivity index (χ1n) is 8.49. The van der Waals surface area contributed by atoms with Gasteiger partial charge in [-0.15, -0.1) is 0 Å². The number of halogens is 1. The second kappa shape index (κ2) is 7.31. The highest BCUT2D eigenvalue weighted by atomic mass is 35.5. The van der Waals surface area contributed by atoms with Gasteiger partial charge in [0.05, 0.1) is 12.2 Å². The molecule has 22 heavy (non-hydrogen) atoms. The van der Waals surface area contributed by atoms with Crippen molar-refractivity contribution in [3.8, 4) is 0 Å². The van der Waals surface area contributed by atoms with Crippen LogP contribution in [0.25, 0.3) is 0 Å². The average Bonchev–Trinajstić information content (AvgIpc) is 2.89. The Morgan fingerprint density at radius 1 is 1.14 bits per heavy atom. The number of hydrogen-bond acceptors (Lipinski definition) is 3. The quantitative estimate of drug-likeness (QED) is 0.892. The number of rotatable bonds is 4. The van der Waals surface area contributed by atoms with E-state index in [9.17, 15) is 10.2 Å². The number of β-amino-alcohol motifs (C(OH)–C–C–N with tert-alkyl or cyclic N) is 2. The summed E-state index contributed by atoms with van der Waals surface area (Å²) < 4.78 is 0. The fraction of sp³-hybridized carbons (Fsp3) is 0.667. The summed E-state index contributed by atoms with van der Waals surface area (Å²) in [5, 5.41) is 21.3. The van der Waals surface area contributed by atoms with Gasteiger partial charge in [-0.1, -0.05) is 43.0 Å². The molecule has 1 aromatic rings. The molecule has 2 fully saturated rings. The van der Waals surface area contributed by atoms with Crippen molar-refractivity contribution in [2.24, 2.45) is 5.92 Å². The molecule has 1 heterocycles. The normalized spacial score (nSPS) is 28.9. The lowest BCUT2D eigenvalue weighted by atomic mass is 9.82. The molecule has 0 aromatic heterocycles. The van der Waals surface area contributed by atoms with Gasteiger partial charge in [-0.2, -0.15) is 0 Å². The molecule has 1 aromatic carbocycles. The summed E-state index contributed by atoms with van der Waals surface area (Å²) in [7, 11) is 0. The molecule has 4 heteroatoms. The monoisotopic (exact) mass is 323 g/mol. The zero-order chi connectivity index (χ0) is 15.5. The van der Waals surface area contributed by atoms with Crippen molar-refractivity contribution in [3.63, 3.8) is 0 Å². The van der Waals surface area contributed by atoms with Crippen LogP contribution in [-0.4, -0.2) is 40.3 Å². The minimum atomic E-state index is -0.520. The van der Waals surface area contributed by atoms with Crippen LogP contribution in [0.15, 0.2) is 24.3 Å². The van der Waals surface area contributed by atoms with Gasteiger partial charge in [-0.25, -0.2) is 0 Å². The number of aliphatic hydroxyl groups is 2.